The van der Waals surface area contributed by atoms with Gasteiger partial charge in [-0.1, -0.05) is 6.07 Å². The molecule has 1 aromatic heterocycles. The summed E-state index contributed by atoms with van der Waals surface area (Å²) < 4.78 is 0. The number of anilines is 1. The third-order valence-electron chi connectivity index (χ3n) is 2.45. The van der Waals surface area contributed by atoms with Crippen molar-refractivity contribution < 1.29 is 0 Å². The van der Waals surface area contributed by atoms with E-state index in [1.54, 1.807) is 6.20 Å². The first-order valence-corrected chi connectivity index (χ1v) is 5.93. The Kier molecular flexibility index (Phi) is 4.74. The van der Waals surface area contributed by atoms with Gasteiger partial charge in [-0.3, -0.25) is 0 Å². The Balaban J connectivity index is 2.19. The Hall–Kier alpha value is -1.09. The van der Waals surface area contributed by atoms with Gasteiger partial charge >= 0.3 is 0 Å². The second-order valence-corrected chi connectivity index (χ2v) is 5.18. The Bertz CT molecular complexity index is 315. The monoisotopic (exact) mass is 221 g/mol. The number of aromatic nitrogens is 1. The molecule has 0 saturated heterocycles. The average Bonchev–Trinajstić information content (AvgIpc) is 2.18. The van der Waals surface area contributed by atoms with Crippen LogP contribution in [0.1, 0.15) is 39.2 Å². The molecular weight excluding hydrogens is 198 g/mol. The molecule has 0 bridgehead atoms. The minimum Gasteiger partial charge on any atom is -0.383 e. The van der Waals surface area contributed by atoms with E-state index < -0.39 is 0 Å². The van der Waals surface area contributed by atoms with Crippen molar-refractivity contribution in [2.45, 2.75) is 45.6 Å². The fourth-order valence-electron chi connectivity index (χ4n) is 1.57. The van der Waals surface area contributed by atoms with Crippen LogP contribution in [-0.4, -0.2) is 17.1 Å². The lowest BCUT2D eigenvalue weighted by Gasteiger charge is -2.20. The van der Waals surface area contributed by atoms with Gasteiger partial charge in [-0.05, 0) is 58.2 Å². The zero-order valence-electron chi connectivity index (χ0n) is 10.6. The van der Waals surface area contributed by atoms with Crippen molar-refractivity contribution in [1.29, 1.82) is 0 Å². The van der Waals surface area contributed by atoms with Crippen molar-refractivity contribution in [3.8, 4) is 0 Å². The van der Waals surface area contributed by atoms with E-state index in [0.29, 0.717) is 5.82 Å². The number of unbranched alkanes of at least 4 members (excludes halogenated alkanes) is 1. The van der Waals surface area contributed by atoms with E-state index in [1.165, 1.54) is 12.0 Å². The summed E-state index contributed by atoms with van der Waals surface area (Å²) in [6.45, 7) is 7.62. The molecule has 1 aromatic rings. The van der Waals surface area contributed by atoms with Gasteiger partial charge in [-0.2, -0.15) is 0 Å². The van der Waals surface area contributed by atoms with Gasteiger partial charge < -0.3 is 11.1 Å². The van der Waals surface area contributed by atoms with Crippen LogP contribution in [-0.2, 0) is 6.42 Å². The van der Waals surface area contributed by atoms with Crippen LogP contribution in [0.5, 0.6) is 0 Å². The van der Waals surface area contributed by atoms with E-state index in [2.05, 4.69) is 37.1 Å². The second-order valence-electron chi connectivity index (χ2n) is 5.18. The molecule has 0 saturated carbocycles. The first kappa shape index (κ1) is 13.0. The molecule has 16 heavy (non-hydrogen) atoms. The van der Waals surface area contributed by atoms with Gasteiger partial charge in [0, 0.05) is 11.7 Å². The van der Waals surface area contributed by atoms with Gasteiger partial charge in [0.15, 0.2) is 0 Å². The van der Waals surface area contributed by atoms with Crippen LogP contribution in [0.15, 0.2) is 18.3 Å². The van der Waals surface area contributed by atoms with Gasteiger partial charge in [0.05, 0.1) is 0 Å². The molecule has 0 fully saturated rings. The summed E-state index contributed by atoms with van der Waals surface area (Å²) in [5.41, 5.74) is 7.16. The quantitative estimate of drug-likeness (QED) is 0.751. The smallest absolute Gasteiger partial charge is 0.126 e. The Morgan fingerprint density at radius 3 is 2.69 bits per heavy atom. The summed E-state index contributed by atoms with van der Waals surface area (Å²) in [4.78, 5) is 4.08. The number of aryl methyl sites for hydroxylation is 1. The second kappa shape index (κ2) is 5.85. The van der Waals surface area contributed by atoms with E-state index >= 15 is 0 Å². The number of rotatable bonds is 5. The zero-order valence-corrected chi connectivity index (χ0v) is 10.6. The van der Waals surface area contributed by atoms with Crippen LogP contribution in [0, 0.1) is 0 Å². The molecule has 0 radical (unpaired) electrons. The molecule has 0 amide bonds. The maximum Gasteiger partial charge on any atom is 0.126 e. The fraction of sp³-hybridized carbons (Fsp3) is 0.615. The lowest BCUT2D eigenvalue weighted by molar-refractivity contribution is 0.419. The number of hydrogen-bond acceptors (Lipinski definition) is 3. The Labute approximate surface area is 98.5 Å². The summed E-state index contributed by atoms with van der Waals surface area (Å²) in [5.74, 6) is 0.672. The molecule has 1 rings (SSSR count). The maximum atomic E-state index is 5.78. The van der Waals surface area contributed by atoms with Crippen molar-refractivity contribution in [3.63, 3.8) is 0 Å². The topological polar surface area (TPSA) is 50.9 Å². The number of nitrogens with zero attached hydrogens (tertiary/aromatic N) is 1. The lowest BCUT2D eigenvalue weighted by Crippen LogP contribution is -2.36. The SMILES string of the molecule is CC(C)(C)NCCCCc1cccnc1N. The van der Waals surface area contributed by atoms with Gasteiger partial charge in [0.1, 0.15) is 5.82 Å². The molecule has 0 aliphatic rings. The van der Waals surface area contributed by atoms with Crippen LogP contribution in [0.2, 0.25) is 0 Å². The van der Waals surface area contributed by atoms with Gasteiger partial charge in [-0.15, -0.1) is 0 Å². The molecule has 0 aliphatic carbocycles. The van der Waals surface area contributed by atoms with Crippen LogP contribution in [0.4, 0.5) is 5.82 Å². The van der Waals surface area contributed by atoms with Crippen molar-refractivity contribution in [3.05, 3.63) is 23.9 Å². The first-order valence-electron chi connectivity index (χ1n) is 5.93. The zero-order chi connectivity index (χ0) is 12.0. The van der Waals surface area contributed by atoms with Crippen molar-refractivity contribution in [2.75, 3.05) is 12.3 Å². The molecule has 0 aromatic carbocycles. The summed E-state index contributed by atoms with van der Waals surface area (Å²) in [7, 11) is 0. The van der Waals surface area contributed by atoms with Crippen LogP contribution in [0.3, 0.4) is 0 Å². The Morgan fingerprint density at radius 1 is 1.31 bits per heavy atom. The molecule has 0 unspecified atom stereocenters. The lowest BCUT2D eigenvalue weighted by atomic mass is 10.1. The molecule has 0 atom stereocenters. The van der Waals surface area contributed by atoms with E-state index in [0.717, 1.165) is 19.4 Å². The molecule has 3 heteroatoms. The molecule has 0 aliphatic heterocycles. The van der Waals surface area contributed by atoms with Gasteiger partial charge in [0.25, 0.3) is 0 Å². The highest BCUT2D eigenvalue weighted by molar-refractivity contribution is 5.38. The normalized spacial score (nSPS) is 11.7. The number of hydrogen-bond donors (Lipinski definition) is 2. The average molecular weight is 221 g/mol. The largest absolute Gasteiger partial charge is 0.383 e. The van der Waals surface area contributed by atoms with Crippen LogP contribution >= 0.6 is 0 Å². The number of nitrogen functional groups attached to an aromatic ring is 1. The molecule has 1 heterocycles. The molecule has 90 valence electrons. The van der Waals surface area contributed by atoms with E-state index in [1.807, 2.05) is 6.07 Å². The van der Waals surface area contributed by atoms with E-state index in [-0.39, 0.29) is 5.54 Å². The predicted octanol–water partition coefficient (Wildman–Crippen LogP) is 2.37. The third-order valence-corrected chi connectivity index (χ3v) is 2.45. The van der Waals surface area contributed by atoms with Crippen molar-refractivity contribution >= 4 is 5.82 Å². The standard InChI is InChI=1S/C13H23N3/c1-13(2,3)16-10-5-4-7-11-8-6-9-15-12(11)14/h6,8-9,16H,4-5,7,10H2,1-3H3,(H2,14,15). The predicted molar refractivity (Wildman–Crippen MR) is 69.3 cm³/mol. The summed E-state index contributed by atoms with van der Waals surface area (Å²) >= 11 is 0. The summed E-state index contributed by atoms with van der Waals surface area (Å²) in [5, 5.41) is 3.48. The molecule has 3 nitrogen and oxygen atoms in total. The van der Waals surface area contributed by atoms with Crippen LogP contribution in [0.25, 0.3) is 0 Å². The molecular formula is C13H23N3. The first-order chi connectivity index (χ1) is 7.49. The minimum atomic E-state index is 0.216. The van der Waals surface area contributed by atoms with Gasteiger partial charge in [0.2, 0.25) is 0 Å². The summed E-state index contributed by atoms with van der Waals surface area (Å²) in [6.07, 6.45) is 5.08. The molecule has 0 spiro atoms. The third kappa shape index (κ3) is 5.12. The maximum absolute atomic E-state index is 5.78. The highest BCUT2D eigenvalue weighted by Crippen LogP contribution is 2.10. The van der Waals surface area contributed by atoms with E-state index in [4.69, 9.17) is 5.73 Å². The Morgan fingerprint density at radius 2 is 2.06 bits per heavy atom. The molecule has 3 N–H and O–H groups in total. The minimum absolute atomic E-state index is 0.216. The number of nitrogens with one attached hydrogen (secondary N) is 1. The van der Waals surface area contributed by atoms with Crippen LogP contribution < -0.4 is 11.1 Å². The number of nitrogens with two attached hydrogens (primary N) is 1. The fourth-order valence-corrected chi connectivity index (χ4v) is 1.57. The van der Waals surface area contributed by atoms with Crippen molar-refractivity contribution in [2.24, 2.45) is 0 Å². The highest BCUT2D eigenvalue weighted by Gasteiger charge is 2.07. The summed E-state index contributed by atoms with van der Waals surface area (Å²) in [6, 6.07) is 4.00. The van der Waals surface area contributed by atoms with E-state index in [9.17, 15) is 0 Å². The van der Waals surface area contributed by atoms with Gasteiger partial charge in [-0.25, -0.2) is 4.98 Å². The highest BCUT2D eigenvalue weighted by atomic mass is 14.9. The van der Waals surface area contributed by atoms with Crippen molar-refractivity contribution in [1.82, 2.24) is 10.3 Å². The number of pyridine rings is 1.